The van der Waals surface area contributed by atoms with Crippen molar-refractivity contribution in [1.82, 2.24) is 4.90 Å². The number of rotatable bonds is 1. The second kappa shape index (κ2) is 5.48. The Bertz CT molecular complexity index is 723. The van der Waals surface area contributed by atoms with Crippen molar-refractivity contribution in [3.63, 3.8) is 0 Å². The number of carbonyl (C=O) groups excluding carboxylic acids is 2. The summed E-state index contributed by atoms with van der Waals surface area (Å²) in [6, 6.07) is 6.41. The monoisotopic (exact) mass is 342 g/mol. The maximum atomic E-state index is 12.2. The number of anilines is 1. The minimum atomic E-state index is -0.452. The van der Waals surface area contributed by atoms with E-state index in [1.807, 2.05) is 25.7 Å². The summed E-state index contributed by atoms with van der Waals surface area (Å²) in [5, 5.41) is 3.02. The van der Waals surface area contributed by atoms with Crippen LogP contribution in [0.2, 0.25) is 0 Å². The van der Waals surface area contributed by atoms with Crippen molar-refractivity contribution >= 4 is 17.7 Å². The van der Waals surface area contributed by atoms with E-state index in [9.17, 15) is 9.59 Å². The zero-order valence-electron chi connectivity index (χ0n) is 15.2. The van der Waals surface area contributed by atoms with Gasteiger partial charge in [0.05, 0.1) is 5.41 Å². The Labute approximate surface area is 148 Å². The van der Waals surface area contributed by atoms with E-state index in [-0.39, 0.29) is 17.4 Å². The fourth-order valence-corrected chi connectivity index (χ4v) is 4.03. The van der Waals surface area contributed by atoms with Gasteiger partial charge in [-0.2, -0.15) is 0 Å². The molecule has 25 heavy (non-hydrogen) atoms. The third-order valence-corrected chi connectivity index (χ3v) is 5.61. The van der Waals surface area contributed by atoms with E-state index in [0.29, 0.717) is 5.92 Å². The fourth-order valence-electron chi connectivity index (χ4n) is 4.03. The summed E-state index contributed by atoms with van der Waals surface area (Å²) < 4.78 is 5.47. The van der Waals surface area contributed by atoms with Crippen molar-refractivity contribution in [3.8, 4) is 0 Å². The molecule has 0 bridgehead atoms. The third-order valence-electron chi connectivity index (χ3n) is 5.61. The maximum Gasteiger partial charge on any atom is 0.410 e. The second-order valence-electron chi connectivity index (χ2n) is 8.58. The molecule has 3 aliphatic rings. The Kier molecular flexibility index (Phi) is 3.60. The average Bonchev–Trinajstić information content (AvgIpc) is 3.30. The van der Waals surface area contributed by atoms with E-state index in [2.05, 4.69) is 23.5 Å². The molecular formula is C20H26N2O3. The highest BCUT2D eigenvalue weighted by Crippen LogP contribution is 2.55. The third kappa shape index (κ3) is 2.90. The molecule has 2 aliphatic heterocycles. The minimum Gasteiger partial charge on any atom is -0.444 e. The molecule has 5 heteroatoms. The fraction of sp³-hybridized carbons (Fsp3) is 0.600. The summed E-state index contributed by atoms with van der Waals surface area (Å²) in [5.41, 5.74) is 2.78. The summed E-state index contributed by atoms with van der Waals surface area (Å²) >= 11 is 0. The van der Waals surface area contributed by atoms with Crippen LogP contribution in [0.4, 0.5) is 10.5 Å². The molecular weight excluding hydrogens is 316 g/mol. The second-order valence-corrected chi connectivity index (χ2v) is 8.58. The Morgan fingerprint density at radius 3 is 2.52 bits per heavy atom. The number of nitrogens with one attached hydrogen (secondary N) is 1. The zero-order chi connectivity index (χ0) is 17.8. The van der Waals surface area contributed by atoms with Crippen LogP contribution in [0.3, 0.4) is 0 Å². The van der Waals surface area contributed by atoms with Crippen molar-refractivity contribution in [2.45, 2.75) is 63.4 Å². The number of ether oxygens (including phenoxy) is 1. The lowest BCUT2D eigenvalue weighted by atomic mass is 9.86. The Morgan fingerprint density at radius 1 is 1.24 bits per heavy atom. The van der Waals surface area contributed by atoms with Crippen molar-refractivity contribution < 1.29 is 14.3 Å². The predicted molar refractivity (Wildman–Crippen MR) is 95.8 cm³/mol. The molecule has 1 saturated heterocycles. The molecule has 1 N–H and O–H groups in total. The lowest BCUT2D eigenvalue weighted by Gasteiger charge is -2.33. The number of nitrogens with zero attached hydrogens (tertiary/aromatic N) is 1. The molecule has 2 heterocycles. The van der Waals surface area contributed by atoms with E-state index in [0.717, 1.165) is 44.5 Å². The summed E-state index contributed by atoms with van der Waals surface area (Å²) in [7, 11) is 0. The molecule has 0 unspecified atom stereocenters. The number of amides is 2. The van der Waals surface area contributed by atoms with Gasteiger partial charge in [-0.3, -0.25) is 4.79 Å². The van der Waals surface area contributed by atoms with Gasteiger partial charge in [0.2, 0.25) is 5.91 Å². The van der Waals surface area contributed by atoms with E-state index < -0.39 is 5.60 Å². The van der Waals surface area contributed by atoms with Crippen LogP contribution in [0, 0.1) is 0 Å². The highest BCUT2D eigenvalue weighted by molar-refractivity contribution is 6.08. The molecule has 0 radical (unpaired) electrons. The lowest BCUT2D eigenvalue weighted by molar-refractivity contribution is -0.117. The summed E-state index contributed by atoms with van der Waals surface area (Å²) in [4.78, 5) is 26.2. The van der Waals surface area contributed by atoms with Crippen LogP contribution in [-0.4, -0.2) is 35.6 Å². The maximum absolute atomic E-state index is 12.2. The molecule has 4 rings (SSSR count). The van der Waals surface area contributed by atoms with Crippen molar-refractivity contribution in [2.75, 3.05) is 18.4 Å². The van der Waals surface area contributed by atoms with Crippen LogP contribution in [0.15, 0.2) is 18.2 Å². The summed E-state index contributed by atoms with van der Waals surface area (Å²) in [6.07, 6.45) is 3.59. The first-order valence-electron chi connectivity index (χ1n) is 9.22. The van der Waals surface area contributed by atoms with Gasteiger partial charge in [-0.1, -0.05) is 12.1 Å². The quantitative estimate of drug-likeness (QED) is 0.845. The van der Waals surface area contributed by atoms with E-state index in [1.54, 1.807) is 0 Å². The molecule has 1 aromatic carbocycles. The van der Waals surface area contributed by atoms with Crippen LogP contribution >= 0.6 is 0 Å². The van der Waals surface area contributed by atoms with Crippen molar-refractivity contribution in [1.29, 1.82) is 0 Å². The first-order valence-corrected chi connectivity index (χ1v) is 9.22. The minimum absolute atomic E-state index is 0.166. The molecule has 0 aromatic heterocycles. The number of carbonyl (C=O) groups is 2. The lowest BCUT2D eigenvalue weighted by Crippen LogP contribution is -2.41. The standard InChI is InChI=1S/C20H26N2O3/c1-19(2,3)25-18(24)22-10-6-13(7-11-22)14-4-5-16-15(12-14)20(8-9-20)17(23)21-16/h4-5,12-13H,6-11H2,1-3H3,(H,21,23). The van der Waals surface area contributed by atoms with Crippen molar-refractivity contribution in [2.24, 2.45) is 0 Å². The molecule has 1 spiro atoms. The van der Waals surface area contributed by atoms with Crippen LogP contribution in [0.25, 0.3) is 0 Å². The van der Waals surface area contributed by atoms with Gasteiger partial charge in [-0.25, -0.2) is 4.79 Å². The van der Waals surface area contributed by atoms with Gasteiger partial charge in [0.25, 0.3) is 0 Å². The number of likely N-dealkylation sites (tertiary alicyclic amines) is 1. The SMILES string of the molecule is CC(C)(C)OC(=O)N1CCC(c2ccc3c(c2)C2(CC2)C(=O)N3)CC1. The van der Waals surface area contributed by atoms with Crippen LogP contribution in [0.1, 0.15) is 63.5 Å². The predicted octanol–water partition coefficient (Wildman–Crippen LogP) is 3.78. The summed E-state index contributed by atoms with van der Waals surface area (Å²) in [6.45, 7) is 7.12. The van der Waals surface area contributed by atoms with Gasteiger partial charge in [0.1, 0.15) is 5.60 Å². The number of benzene rings is 1. The van der Waals surface area contributed by atoms with E-state index in [4.69, 9.17) is 4.74 Å². The first-order chi connectivity index (χ1) is 11.8. The molecule has 2 amide bonds. The van der Waals surface area contributed by atoms with Crippen LogP contribution < -0.4 is 5.32 Å². The Balaban J connectivity index is 1.43. The van der Waals surface area contributed by atoms with Crippen LogP contribution in [-0.2, 0) is 14.9 Å². The number of fused-ring (bicyclic) bond motifs is 2. The molecule has 5 nitrogen and oxygen atoms in total. The molecule has 1 aliphatic carbocycles. The number of hydrogen-bond acceptors (Lipinski definition) is 3. The highest BCUT2D eigenvalue weighted by atomic mass is 16.6. The van der Waals surface area contributed by atoms with Gasteiger partial charge in [-0.05, 0) is 69.6 Å². The smallest absolute Gasteiger partial charge is 0.410 e. The van der Waals surface area contributed by atoms with Crippen molar-refractivity contribution in [3.05, 3.63) is 29.3 Å². The molecule has 2 fully saturated rings. The number of hydrogen-bond donors (Lipinski definition) is 1. The zero-order valence-corrected chi connectivity index (χ0v) is 15.2. The summed E-state index contributed by atoms with van der Waals surface area (Å²) in [5.74, 6) is 0.606. The number of piperidine rings is 1. The average molecular weight is 342 g/mol. The van der Waals surface area contributed by atoms with Gasteiger partial charge >= 0.3 is 6.09 Å². The highest BCUT2D eigenvalue weighted by Gasteiger charge is 2.56. The topological polar surface area (TPSA) is 58.6 Å². The molecule has 1 saturated carbocycles. The Morgan fingerprint density at radius 2 is 1.92 bits per heavy atom. The van der Waals surface area contributed by atoms with Gasteiger partial charge in [0, 0.05) is 18.8 Å². The largest absolute Gasteiger partial charge is 0.444 e. The van der Waals surface area contributed by atoms with Gasteiger partial charge in [0.15, 0.2) is 0 Å². The molecule has 134 valence electrons. The Hall–Kier alpha value is -2.04. The van der Waals surface area contributed by atoms with Crippen LogP contribution in [0.5, 0.6) is 0 Å². The normalized spacial score (nSPS) is 21.9. The van der Waals surface area contributed by atoms with Gasteiger partial charge in [-0.15, -0.1) is 0 Å². The molecule has 1 aromatic rings. The van der Waals surface area contributed by atoms with E-state index in [1.165, 1.54) is 11.1 Å². The molecule has 0 atom stereocenters. The van der Waals surface area contributed by atoms with Gasteiger partial charge < -0.3 is 15.0 Å². The van der Waals surface area contributed by atoms with E-state index >= 15 is 0 Å². The first kappa shape index (κ1) is 16.4.